The summed E-state index contributed by atoms with van der Waals surface area (Å²) in [6.45, 7) is 5.77. The summed E-state index contributed by atoms with van der Waals surface area (Å²) < 4.78 is 5.53. The van der Waals surface area contributed by atoms with Crippen molar-refractivity contribution in [1.82, 2.24) is 20.4 Å². The molecule has 25 heavy (non-hydrogen) atoms. The van der Waals surface area contributed by atoms with E-state index in [-0.39, 0.29) is 5.91 Å². The maximum Gasteiger partial charge on any atom is 0.269 e. The molecule has 6 nitrogen and oxygen atoms in total. The van der Waals surface area contributed by atoms with E-state index >= 15 is 0 Å². The van der Waals surface area contributed by atoms with E-state index < -0.39 is 0 Å². The fourth-order valence-corrected chi connectivity index (χ4v) is 3.78. The Balaban J connectivity index is 1.41. The van der Waals surface area contributed by atoms with Gasteiger partial charge in [-0.1, -0.05) is 6.92 Å². The number of carbonyl (C=O) groups is 1. The number of likely N-dealkylation sites (tertiary alicyclic amines) is 1. The molecule has 1 amide bonds. The Labute approximate surface area is 147 Å². The molecule has 2 aliphatic heterocycles. The van der Waals surface area contributed by atoms with Gasteiger partial charge in [0.2, 0.25) is 0 Å². The molecule has 6 heteroatoms. The third-order valence-electron chi connectivity index (χ3n) is 5.21. The third-order valence-corrected chi connectivity index (χ3v) is 5.21. The highest BCUT2D eigenvalue weighted by atomic mass is 16.5. The largest absolute Gasteiger partial charge is 0.493 e. The van der Waals surface area contributed by atoms with Gasteiger partial charge in [0, 0.05) is 24.6 Å². The number of hydrogen-bond donors (Lipinski definition) is 2. The highest BCUT2D eigenvalue weighted by molar-refractivity contribution is 5.93. The second-order valence-electron chi connectivity index (χ2n) is 6.72. The van der Waals surface area contributed by atoms with Crippen LogP contribution < -0.4 is 10.1 Å². The lowest BCUT2D eigenvalue weighted by atomic mass is 10.1. The predicted molar refractivity (Wildman–Crippen MR) is 95.8 cm³/mol. The first-order chi connectivity index (χ1) is 12.2. The molecule has 2 N–H and O–H groups in total. The molecule has 2 aliphatic rings. The Hall–Kier alpha value is -2.34. The van der Waals surface area contributed by atoms with Crippen LogP contribution in [-0.2, 0) is 6.42 Å². The van der Waals surface area contributed by atoms with Crippen LogP contribution in [0.3, 0.4) is 0 Å². The number of fused-ring (bicyclic) bond motifs is 1. The number of nitrogens with zero attached hydrogens (tertiary/aromatic N) is 2. The molecule has 0 radical (unpaired) electrons. The van der Waals surface area contributed by atoms with Gasteiger partial charge in [-0.05, 0) is 55.8 Å². The molecule has 1 atom stereocenters. The lowest BCUT2D eigenvalue weighted by Crippen LogP contribution is -2.40. The fraction of sp³-hybridized carbons (Fsp3) is 0.474. The van der Waals surface area contributed by atoms with E-state index in [2.05, 4.69) is 33.4 Å². The maximum absolute atomic E-state index is 12.4. The average Bonchev–Trinajstić information content (AvgIpc) is 3.38. The first kappa shape index (κ1) is 16.1. The van der Waals surface area contributed by atoms with Crippen LogP contribution in [0.25, 0.3) is 11.3 Å². The standard InChI is InChI=1S/C19H24N4O2/c1-2-23-8-3-4-15(23)12-20-19(24)17-11-16(21-22-17)13-5-6-18-14(10-13)7-9-25-18/h5-6,10-11,15H,2-4,7-9,12H2,1H3,(H,20,24)(H,21,22). The summed E-state index contributed by atoms with van der Waals surface area (Å²) in [4.78, 5) is 14.8. The predicted octanol–water partition coefficient (Wildman–Crippen LogP) is 2.23. The minimum absolute atomic E-state index is 0.0915. The number of ether oxygens (including phenoxy) is 1. The van der Waals surface area contributed by atoms with Gasteiger partial charge in [0.25, 0.3) is 5.91 Å². The molecular weight excluding hydrogens is 316 g/mol. The van der Waals surface area contributed by atoms with Gasteiger partial charge in [-0.3, -0.25) is 14.8 Å². The van der Waals surface area contributed by atoms with E-state index in [1.54, 1.807) is 0 Å². The van der Waals surface area contributed by atoms with Crippen molar-refractivity contribution in [3.8, 4) is 17.0 Å². The Morgan fingerprint density at radius 1 is 1.44 bits per heavy atom. The van der Waals surface area contributed by atoms with Crippen LogP contribution in [-0.4, -0.2) is 53.3 Å². The maximum atomic E-state index is 12.4. The van der Waals surface area contributed by atoms with E-state index in [0.717, 1.165) is 49.5 Å². The molecule has 1 aromatic carbocycles. The smallest absolute Gasteiger partial charge is 0.269 e. The van der Waals surface area contributed by atoms with Crippen LogP contribution in [0.4, 0.5) is 0 Å². The van der Waals surface area contributed by atoms with Crippen molar-refractivity contribution in [1.29, 1.82) is 0 Å². The molecule has 4 rings (SSSR count). The molecule has 0 saturated carbocycles. The SMILES string of the molecule is CCN1CCCC1CNC(=O)c1cc(-c2ccc3c(c2)CCO3)n[nH]1. The number of aromatic amines is 1. The normalized spacial score (nSPS) is 19.6. The summed E-state index contributed by atoms with van der Waals surface area (Å²) in [6, 6.07) is 8.33. The summed E-state index contributed by atoms with van der Waals surface area (Å²) in [5, 5.41) is 10.2. The van der Waals surface area contributed by atoms with Crippen LogP contribution in [0, 0.1) is 0 Å². The summed E-state index contributed by atoms with van der Waals surface area (Å²) >= 11 is 0. The van der Waals surface area contributed by atoms with Gasteiger partial charge in [0.1, 0.15) is 11.4 Å². The molecule has 132 valence electrons. The zero-order valence-electron chi connectivity index (χ0n) is 14.5. The third kappa shape index (κ3) is 3.26. The van der Waals surface area contributed by atoms with Crippen LogP contribution in [0.5, 0.6) is 5.75 Å². The molecule has 0 spiro atoms. The van der Waals surface area contributed by atoms with Crippen molar-refractivity contribution in [2.75, 3.05) is 26.2 Å². The zero-order chi connectivity index (χ0) is 17.2. The van der Waals surface area contributed by atoms with Crippen molar-refractivity contribution < 1.29 is 9.53 Å². The number of nitrogens with one attached hydrogen (secondary N) is 2. The number of likely N-dealkylation sites (N-methyl/N-ethyl adjacent to an activating group) is 1. The Kier molecular flexibility index (Phi) is 4.44. The molecule has 2 aromatic rings. The van der Waals surface area contributed by atoms with E-state index in [1.165, 1.54) is 12.0 Å². The minimum Gasteiger partial charge on any atom is -0.493 e. The van der Waals surface area contributed by atoms with Crippen molar-refractivity contribution in [3.63, 3.8) is 0 Å². The second-order valence-corrected chi connectivity index (χ2v) is 6.72. The highest BCUT2D eigenvalue weighted by Crippen LogP contribution is 2.29. The Bertz CT molecular complexity index is 771. The number of benzene rings is 1. The van der Waals surface area contributed by atoms with Crippen LogP contribution in [0.2, 0.25) is 0 Å². The van der Waals surface area contributed by atoms with Crippen LogP contribution >= 0.6 is 0 Å². The molecule has 1 saturated heterocycles. The quantitative estimate of drug-likeness (QED) is 0.876. The number of hydrogen-bond acceptors (Lipinski definition) is 4. The lowest BCUT2D eigenvalue weighted by Gasteiger charge is -2.22. The van der Waals surface area contributed by atoms with Crippen molar-refractivity contribution in [2.45, 2.75) is 32.2 Å². The number of rotatable bonds is 5. The van der Waals surface area contributed by atoms with Gasteiger partial charge in [-0.2, -0.15) is 5.10 Å². The van der Waals surface area contributed by atoms with Crippen molar-refractivity contribution in [2.24, 2.45) is 0 Å². The molecule has 1 aromatic heterocycles. The summed E-state index contributed by atoms with van der Waals surface area (Å²) in [6.07, 6.45) is 3.29. The summed E-state index contributed by atoms with van der Waals surface area (Å²) in [5.74, 6) is 0.862. The van der Waals surface area contributed by atoms with Crippen LogP contribution in [0.1, 0.15) is 35.8 Å². The van der Waals surface area contributed by atoms with Gasteiger partial charge in [0.05, 0.1) is 12.3 Å². The Morgan fingerprint density at radius 3 is 3.24 bits per heavy atom. The van der Waals surface area contributed by atoms with Gasteiger partial charge in [-0.25, -0.2) is 0 Å². The highest BCUT2D eigenvalue weighted by Gasteiger charge is 2.23. The van der Waals surface area contributed by atoms with Gasteiger partial charge < -0.3 is 10.1 Å². The average molecular weight is 340 g/mol. The number of carbonyl (C=O) groups excluding carboxylic acids is 1. The van der Waals surface area contributed by atoms with Crippen LogP contribution in [0.15, 0.2) is 24.3 Å². The molecular formula is C19H24N4O2. The van der Waals surface area contributed by atoms with Crippen molar-refractivity contribution in [3.05, 3.63) is 35.5 Å². The van der Waals surface area contributed by atoms with E-state index in [4.69, 9.17) is 4.74 Å². The second kappa shape index (κ2) is 6.88. The molecule has 1 fully saturated rings. The van der Waals surface area contributed by atoms with E-state index in [9.17, 15) is 4.79 Å². The number of H-pyrrole nitrogens is 1. The topological polar surface area (TPSA) is 70.2 Å². The van der Waals surface area contributed by atoms with Gasteiger partial charge >= 0.3 is 0 Å². The Morgan fingerprint density at radius 2 is 2.36 bits per heavy atom. The fourth-order valence-electron chi connectivity index (χ4n) is 3.78. The van der Waals surface area contributed by atoms with Crippen molar-refractivity contribution >= 4 is 5.91 Å². The lowest BCUT2D eigenvalue weighted by molar-refractivity contribution is 0.0936. The minimum atomic E-state index is -0.0915. The van der Waals surface area contributed by atoms with E-state index in [0.29, 0.717) is 18.3 Å². The first-order valence-electron chi connectivity index (χ1n) is 9.08. The first-order valence-corrected chi connectivity index (χ1v) is 9.08. The summed E-state index contributed by atoms with van der Waals surface area (Å²) in [5.41, 5.74) is 3.50. The summed E-state index contributed by atoms with van der Waals surface area (Å²) in [7, 11) is 0. The van der Waals surface area contributed by atoms with Gasteiger partial charge in [0.15, 0.2) is 0 Å². The monoisotopic (exact) mass is 340 g/mol. The van der Waals surface area contributed by atoms with Gasteiger partial charge in [-0.15, -0.1) is 0 Å². The molecule has 0 aliphatic carbocycles. The molecule has 0 bridgehead atoms. The molecule has 3 heterocycles. The molecule has 1 unspecified atom stereocenters. The number of amides is 1. The zero-order valence-corrected chi connectivity index (χ0v) is 14.5. The van der Waals surface area contributed by atoms with E-state index in [1.807, 2.05) is 18.2 Å². The number of aromatic nitrogens is 2.